The van der Waals surface area contributed by atoms with E-state index in [1.165, 1.54) is 71.0 Å². The van der Waals surface area contributed by atoms with Gasteiger partial charge >= 0.3 is 0 Å². The molecule has 0 amide bonds. The molecule has 1 aliphatic heterocycles. The van der Waals surface area contributed by atoms with Crippen LogP contribution in [-0.4, -0.2) is 50.3 Å². The second-order valence-electron chi connectivity index (χ2n) is 7.70. The fourth-order valence-corrected chi connectivity index (χ4v) is 5.10. The van der Waals surface area contributed by atoms with Gasteiger partial charge in [-0.1, -0.05) is 19.3 Å². The largest absolute Gasteiger partial charge is 0.378 e. The average molecular weight is 294 g/mol. The van der Waals surface area contributed by atoms with E-state index < -0.39 is 0 Å². The lowest BCUT2D eigenvalue weighted by atomic mass is 9.55. The molecule has 21 heavy (non-hydrogen) atoms. The Bertz CT molecular complexity index is 327. The molecule has 0 aromatic heterocycles. The van der Waals surface area contributed by atoms with Gasteiger partial charge in [-0.2, -0.15) is 0 Å². The van der Waals surface area contributed by atoms with Crippen molar-refractivity contribution in [3.63, 3.8) is 0 Å². The topological polar surface area (TPSA) is 24.5 Å². The summed E-state index contributed by atoms with van der Waals surface area (Å²) >= 11 is 0. The summed E-state index contributed by atoms with van der Waals surface area (Å²) in [7, 11) is 2.27. The first kappa shape index (κ1) is 15.8. The highest BCUT2D eigenvalue weighted by molar-refractivity contribution is 5.09. The van der Waals surface area contributed by atoms with E-state index in [4.69, 9.17) is 4.74 Å². The minimum absolute atomic E-state index is 0.481. The van der Waals surface area contributed by atoms with Crippen molar-refractivity contribution in [3.05, 3.63) is 0 Å². The molecule has 1 spiro atoms. The third-order valence-electron chi connectivity index (χ3n) is 6.31. The summed E-state index contributed by atoms with van der Waals surface area (Å²) in [5.41, 5.74) is 0.481. The first-order valence-corrected chi connectivity index (χ1v) is 9.28. The second-order valence-corrected chi connectivity index (χ2v) is 7.70. The van der Waals surface area contributed by atoms with Gasteiger partial charge in [0.1, 0.15) is 0 Å². The van der Waals surface area contributed by atoms with Gasteiger partial charge in [-0.05, 0) is 65.1 Å². The third kappa shape index (κ3) is 3.30. The molecule has 122 valence electrons. The van der Waals surface area contributed by atoms with Gasteiger partial charge in [-0.3, -0.25) is 0 Å². The summed E-state index contributed by atoms with van der Waals surface area (Å²) in [6.07, 6.45) is 11.6. The van der Waals surface area contributed by atoms with Crippen LogP contribution in [0.15, 0.2) is 0 Å². The van der Waals surface area contributed by atoms with Crippen LogP contribution in [-0.2, 0) is 4.74 Å². The van der Waals surface area contributed by atoms with Crippen molar-refractivity contribution in [3.8, 4) is 0 Å². The summed E-state index contributed by atoms with van der Waals surface area (Å²) in [5, 5.41) is 3.95. The molecule has 3 unspecified atom stereocenters. The van der Waals surface area contributed by atoms with E-state index >= 15 is 0 Å². The molecule has 1 heterocycles. The molecule has 3 rings (SSSR count). The van der Waals surface area contributed by atoms with Crippen molar-refractivity contribution in [1.82, 2.24) is 10.2 Å². The van der Waals surface area contributed by atoms with E-state index in [0.29, 0.717) is 11.5 Å². The Hall–Kier alpha value is -0.120. The number of hydrogen-bond donors (Lipinski definition) is 1. The Morgan fingerprint density at radius 2 is 2.00 bits per heavy atom. The number of piperidine rings is 1. The van der Waals surface area contributed by atoms with Gasteiger partial charge in [-0.25, -0.2) is 0 Å². The van der Waals surface area contributed by atoms with E-state index in [1.54, 1.807) is 0 Å². The Morgan fingerprint density at radius 1 is 1.19 bits per heavy atom. The lowest BCUT2D eigenvalue weighted by Gasteiger charge is -2.58. The highest BCUT2D eigenvalue weighted by Gasteiger charge is 2.55. The zero-order valence-electron chi connectivity index (χ0n) is 14.1. The fourth-order valence-electron chi connectivity index (χ4n) is 5.10. The molecule has 0 aromatic carbocycles. The minimum Gasteiger partial charge on any atom is -0.378 e. The average Bonchev–Trinajstić information content (AvgIpc) is 2.51. The van der Waals surface area contributed by atoms with Crippen LogP contribution in [0.2, 0.25) is 0 Å². The van der Waals surface area contributed by atoms with Gasteiger partial charge in [0.2, 0.25) is 0 Å². The Balaban J connectivity index is 1.52. The predicted octanol–water partition coefficient (Wildman–Crippen LogP) is 3.05. The monoisotopic (exact) mass is 294 g/mol. The van der Waals surface area contributed by atoms with Crippen LogP contribution in [0.5, 0.6) is 0 Å². The van der Waals surface area contributed by atoms with Crippen LogP contribution < -0.4 is 5.32 Å². The van der Waals surface area contributed by atoms with Crippen LogP contribution in [0.4, 0.5) is 0 Å². The maximum Gasteiger partial charge on any atom is 0.0661 e. The predicted molar refractivity (Wildman–Crippen MR) is 87.6 cm³/mol. The van der Waals surface area contributed by atoms with E-state index in [-0.39, 0.29) is 0 Å². The maximum atomic E-state index is 6.06. The molecular formula is C18H34N2O. The molecule has 3 heteroatoms. The Kier molecular flexibility index (Phi) is 5.23. The van der Waals surface area contributed by atoms with Crippen LogP contribution in [0.1, 0.15) is 58.3 Å². The van der Waals surface area contributed by atoms with Gasteiger partial charge < -0.3 is 15.0 Å². The summed E-state index contributed by atoms with van der Waals surface area (Å²) in [4.78, 5) is 2.50. The number of likely N-dealkylation sites (tertiary alicyclic amines) is 1. The standard InChI is InChI=1S/C18H34N2O/c1-3-21-17-12-16(18(17)9-5-4-6-10-18)19-13-15-8-7-11-20(2)14-15/h15-17,19H,3-14H2,1-2H3. The number of rotatable bonds is 5. The molecule has 2 aliphatic carbocycles. The van der Waals surface area contributed by atoms with E-state index in [1.807, 2.05) is 0 Å². The molecule has 0 bridgehead atoms. The summed E-state index contributed by atoms with van der Waals surface area (Å²) in [6.45, 7) is 6.81. The zero-order valence-corrected chi connectivity index (χ0v) is 14.1. The van der Waals surface area contributed by atoms with Crippen molar-refractivity contribution in [1.29, 1.82) is 0 Å². The number of nitrogens with zero attached hydrogens (tertiary/aromatic N) is 1. The number of nitrogens with one attached hydrogen (secondary N) is 1. The normalized spacial score (nSPS) is 36.6. The van der Waals surface area contributed by atoms with Crippen LogP contribution in [0.3, 0.4) is 0 Å². The Labute approximate surface area is 130 Å². The molecule has 3 fully saturated rings. The van der Waals surface area contributed by atoms with Crippen LogP contribution >= 0.6 is 0 Å². The molecule has 3 atom stereocenters. The SMILES string of the molecule is CCOC1CC(NCC2CCCN(C)C2)C12CCCCC2. The third-order valence-corrected chi connectivity index (χ3v) is 6.31. The summed E-state index contributed by atoms with van der Waals surface area (Å²) < 4.78 is 6.06. The van der Waals surface area contributed by atoms with Crippen LogP contribution in [0.25, 0.3) is 0 Å². The molecule has 1 saturated heterocycles. The quantitative estimate of drug-likeness (QED) is 0.843. The van der Waals surface area contributed by atoms with E-state index in [9.17, 15) is 0 Å². The van der Waals surface area contributed by atoms with E-state index in [0.717, 1.165) is 18.6 Å². The van der Waals surface area contributed by atoms with E-state index in [2.05, 4.69) is 24.2 Å². The second kappa shape index (κ2) is 6.97. The van der Waals surface area contributed by atoms with Gasteiger partial charge in [-0.15, -0.1) is 0 Å². The molecule has 3 aliphatic rings. The molecular weight excluding hydrogens is 260 g/mol. The maximum absolute atomic E-state index is 6.06. The number of hydrogen-bond acceptors (Lipinski definition) is 3. The van der Waals surface area contributed by atoms with Gasteiger partial charge in [0.05, 0.1) is 6.10 Å². The molecule has 0 radical (unpaired) electrons. The van der Waals surface area contributed by atoms with Crippen molar-refractivity contribution in [2.24, 2.45) is 11.3 Å². The number of ether oxygens (including phenoxy) is 1. The highest BCUT2D eigenvalue weighted by Crippen LogP contribution is 2.53. The Morgan fingerprint density at radius 3 is 2.71 bits per heavy atom. The van der Waals surface area contributed by atoms with Gasteiger partial charge in [0.25, 0.3) is 0 Å². The first-order valence-electron chi connectivity index (χ1n) is 9.28. The van der Waals surface area contributed by atoms with Crippen molar-refractivity contribution in [2.75, 3.05) is 33.3 Å². The fraction of sp³-hybridized carbons (Fsp3) is 1.00. The van der Waals surface area contributed by atoms with Crippen molar-refractivity contribution >= 4 is 0 Å². The van der Waals surface area contributed by atoms with Gasteiger partial charge in [0, 0.05) is 24.6 Å². The first-order chi connectivity index (χ1) is 10.2. The lowest BCUT2D eigenvalue weighted by Crippen LogP contribution is -2.65. The smallest absolute Gasteiger partial charge is 0.0661 e. The van der Waals surface area contributed by atoms with Crippen molar-refractivity contribution in [2.45, 2.75) is 70.4 Å². The summed E-state index contributed by atoms with van der Waals surface area (Å²) in [5.74, 6) is 0.857. The summed E-state index contributed by atoms with van der Waals surface area (Å²) in [6, 6.07) is 0.724. The van der Waals surface area contributed by atoms with Gasteiger partial charge in [0.15, 0.2) is 0 Å². The molecule has 3 nitrogen and oxygen atoms in total. The van der Waals surface area contributed by atoms with Crippen LogP contribution in [0, 0.1) is 11.3 Å². The highest BCUT2D eigenvalue weighted by atomic mass is 16.5. The molecule has 1 N–H and O–H groups in total. The zero-order chi connectivity index (χ0) is 14.7. The lowest BCUT2D eigenvalue weighted by molar-refractivity contribution is -0.150. The van der Waals surface area contributed by atoms with Crippen molar-refractivity contribution < 1.29 is 4.74 Å². The molecule has 2 saturated carbocycles. The minimum atomic E-state index is 0.481. The molecule has 0 aromatic rings.